The number of hydrogen-bond acceptors (Lipinski definition) is 5. The summed E-state index contributed by atoms with van der Waals surface area (Å²) in [6.07, 6.45) is 0.706. The lowest BCUT2D eigenvalue weighted by Crippen LogP contribution is -2.04. The Bertz CT molecular complexity index is 277. The van der Waals surface area contributed by atoms with Gasteiger partial charge in [0, 0.05) is 13.3 Å². The fourth-order valence-electron chi connectivity index (χ4n) is 0.679. The van der Waals surface area contributed by atoms with Crippen LogP contribution < -0.4 is 11.1 Å². The van der Waals surface area contributed by atoms with E-state index in [1.807, 2.05) is 0 Å². The number of nitrogens with two attached hydrogens (primary N) is 1. The summed E-state index contributed by atoms with van der Waals surface area (Å²) in [6.45, 7) is 1.98. The molecule has 0 bridgehead atoms. The molecule has 0 atom stereocenters. The van der Waals surface area contributed by atoms with Gasteiger partial charge in [0.2, 0.25) is 11.0 Å². The van der Waals surface area contributed by atoms with E-state index in [4.69, 9.17) is 5.73 Å². The summed E-state index contributed by atoms with van der Waals surface area (Å²) >= 11 is 1.35. The Morgan fingerprint density at radius 1 is 1.62 bits per heavy atom. The predicted octanol–water partition coefficient (Wildman–Crippen LogP) is 0.420. The monoisotopic (exact) mass is 222 g/mol. The van der Waals surface area contributed by atoms with Gasteiger partial charge in [-0.05, 0) is 6.54 Å². The quantitative estimate of drug-likeness (QED) is 0.777. The molecule has 74 valence electrons. The van der Waals surface area contributed by atoms with E-state index in [2.05, 4.69) is 15.5 Å². The zero-order valence-electron chi connectivity index (χ0n) is 7.11. The van der Waals surface area contributed by atoms with Crippen molar-refractivity contribution in [2.24, 2.45) is 5.73 Å². The average molecular weight is 223 g/mol. The van der Waals surface area contributed by atoms with E-state index in [0.717, 1.165) is 5.01 Å². The van der Waals surface area contributed by atoms with Crippen molar-refractivity contribution in [1.29, 1.82) is 0 Å². The fraction of sp³-hybridized carbons (Fsp3) is 0.500. The third kappa shape index (κ3) is 4.16. The molecule has 5 nitrogen and oxygen atoms in total. The molecule has 13 heavy (non-hydrogen) atoms. The molecule has 3 N–H and O–H groups in total. The van der Waals surface area contributed by atoms with E-state index in [1.165, 1.54) is 18.3 Å². The molecule has 0 saturated carbocycles. The molecular weight excluding hydrogens is 212 g/mol. The Hall–Kier alpha value is -0.720. The molecule has 0 fully saturated rings. The maximum absolute atomic E-state index is 10.6. The molecule has 1 rings (SSSR count). The Kier molecular flexibility index (Phi) is 5.52. The van der Waals surface area contributed by atoms with Gasteiger partial charge in [0.05, 0.1) is 0 Å². The molecule has 0 aliphatic carbocycles. The second-order valence-electron chi connectivity index (χ2n) is 2.22. The molecule has 0 unspecified atom stereocenters. The van der Waals surface area contributed by atoms with Crippen LogP contribution in [-0.4, -0.2) is 22.6 Å². The number of nitrogens with zero attached hydrogens (tertiary/aromatic N) is 2. The van der Waals surface area contributed by atoms with Gasteiger partial charge in [-0.3, -0.25) is 4.79 Å². The van der Waals surface area contributed by atoms with Crippen molar-refractivity contribution in [3.8, 4) is 0 Å². The van der Waals surface area contributed by atoms with E-state index >= 15 is 0 Å². The van der Waals surface area contributed by atoms with E-state index in [0.29, 0.717) is 18.1 Å². The van der Waals surface area contributed by atoms with Crippen molar-refractivity contribution in [2.45, 2.75) is 13.3 Å². The molecule has 0 aliphatic rings. The zero-order valence-corrected chi connectivity index (χ0v) is 8.74. The maximum Gasteiger partial charge on any atom is 0.223 e. The van der Waals surface area contributed by atoms with Crippen molar-refractivity contribution in [3.05, 3.63) is 5.01 Å². The summed E-state index contributed by atoms with van der Waals surface area (Å²) in [5, 5.41) is 11.5. The van der Waals surface area contributed by atoms with Gasteiger partial charge >= 0.3 is 0 Å². The van der Waals surface area contributed by atoms with Crippen LogP contribution in [0.1, 0.15) is 11.9 Å². The van der Waals surface area contributed by atoms with Gasteiger partial charge in [-0.25, -0.2) is 0 Å². The first-order chi connectivity index (χ1) is 5.72. The third-order valence-corrected chi connectivity index (χ3v) is 2.01. The Labute approximate surface area is 86.1 Å². The Morgan fingerprint density at radius 3 is 2.85 bits per heavy atom. The molecule has 7 heteroatoms. The van der Waals surface area contributed by atoms with Crippen LogP contribution in [0.5, 0.6) is 0 Å². The van der Waals surface area contributed by atoms with Gasteiger partial charge in [-0.2, -0.15) is 0 Å². The average Bonchev–Trinajstić information content (AvgIpc) is 2.36. The number of hydrogen-bond donors (Lipinski definition) is 2. The van der Waals surface area contributed by atoms with E-state index in [9.17, 15) is 4.79 Å². The SMILES string of the molecule is CC(=O)Nc1nnc(CCN)s1.Cl. The van der Waals surface area contributed by atoms with Crippen molar-refractivity contribution in [1.82, 2.24) is 10.2 Å². The molecule has 1 amide bonds. The molecule has 0 aliphatic heterocycles. The van der Waals surface area contributed by atoms with Crippen LogP contribution in [0.15, 0.2) is 0 Å². The zero-order chi connectivity index (χ0) is 8.97. The summed E-state index contributed by atoms with van der Waals surface area (Å²) in [4.78, 5) is 10.6. The highest BCUT2D eigenvalue weighted by molar-refractivity contribution is 7.15. The van der Waals surface area contributed by atoms with Crippen molar-refractivity contribution in [3.63, 3.8) is 0 Å². The summed E-state index contributed by atoms with van der Waals surface area (Å²) in [5.41, 5.74) is 5.32. The lowest BCUT2D eigenvalue weighted by molar-refractivity contribution is -0.114. The molecule has 0 radical (unpaired) electrons. The molecular formula is C6H11ClN4OS. The van der Waals surface area contributed by atoms with Crippen LogP contribution in [0, 0.1) is 0 Å². The fourth-order valence-corrected chi connectivity index (χ4v) is 1.48. The molecule has 0 aromatic carbocycles. The van der Waals surface area contributed by atoms with Gasteiger partial charge < -0.3 is 11.1 Å². The molecule has 0 saturated heterocycles. The molecule has 1 aromatic heterocycles. The van der Waals surface area contributed by atoms with Crippen molar-refractivity contribution in [2.75, 3.05) is 11.9 Å². The highest BCUT2D eigenvalue weighted by Crippen LogP contribution is 2.14. The van der Waals surface area contributed by atoms with E-state index < -0.39 is 0 Å². The number of halogens is 1. The van der Waals surface area contributed by atoms with Gasteiger partial charge in [0.25, 0.3) is 0 Å². The number of carbonyl (C=O) groups excluding carboxylic acids is 1. The highest BCUT2D eigenvalue weighted by atomic mass is 35.5. The minimum atomic E-state index is -0.134. The first-order valence-electron chi connectivity index (χ1n) is 3.52. The summed E-state index contributed by atoms with van der Waals surface area (Å²) in [6, 6.07) is 0. The summed E-state index contributed by atoms with van der Waals surface area (Å²) in [5.74, 6) is -0.134. The van der Waals surface area contributed by atoms with Gasteiger partial charge in [0.15, 0.2) is 0 Å². The van der Waals surface area contributed by atoms with Crippen LogP contribution in [0.2, 0.25) is 0 Å². The third-order valence-electron chi connectivity index (χ3n) is 1.11. The minimum absolute atomic E-state index is 0. The van der Waals surface area contributed by atoms with Gasteiger partial charge in [0.1, 0.15) is 5.01 Å². The topological polar surface area (TPSA) is 80.9 Å². The smallest absolute Gasteiger partial charge is 0.223 e. The van der Waals surface area contributed by atoms with Crippen molar-refractivity contribution >= 4 is 34.8 Å². The van der Waals surface area contributed by atoms with Crippen LogP contribution in [0.3, 0.4) is 0 Å². The van der Waals surface area contributed by atoms with Crippen LogP contribution in [0.4, 0.5) is 5.13 Å². The predicted molar refractivity (Wildman–Crippen MR) is 54.2 cm³/mol. The Balaban J connectivity index is 0.00000144. The largest absolute Gasteiger partial charge is 0.330 e. The van der Waals surface area contributed by atoms with Gasteiger partial charge in [-0.1, -0.05) is 11.3 Å². The highest BCUT2D eigenvalue weighted by Gasteiger charge is 2.03. The molecule has 0 spiro atoms. The summed E-state index contributed by atoms with van der Waals surface area (Å²) in [7, 11) is 0. The standard InChI is InChI=1S/C6H10N4OS.ClH/c1-4(11)8-6-10-9-5(12-6)2-3-7;/h2-3,7H2,1H3,(H,8,10,11);1H. The Morgan fingerprint density at radius 2 is 2.31 bits per heavy atom. The first-order valence-corrected chi connectivity index (χ1v) is 4.34. The van der Waals surface area contributed by atoms with Gasteiger partial charge in [-0.15, -0.1) is 22.6 Å². The van der Waals surface area contributed by atoms with E-state index in [-0.39, 0.29) is 18.3 Å². The van der Waals surface area contributed by atoms with Crippen molar-refractivity contribution < 1.29 is 4.79 Å². The second kappa shape index (κ2) is 5.85. The summed E-state index contributed by atoms with van der Waals surface area (Å²) < 4.78 is 0. The number of rotatable bonds is 3. The number of anilines is 1. The van der Waals surface area contributed by atoms with Crippen LogP contribution >= 0.6 is 23.7 Å². The molecule has 1 heterocycles. The number of nitrogens with one attached hydrogen (secondary N) is 1. The maximum atomic E-state index is 10.6. The lowest BCUT2D eigenvalue weighted by atomic mass is 10.5. The van der Waals surface area contributed by atoms with Crippen LogP contribution in [-0.2, 0) is 11.2 Å². The van der Waals surface area contributed by atoms with Crippen LogP contribution in [0.25, 0.3) is 0 Å². The molecule has 1 aromatic rings. The van der Waals surface area contributed by atoms with E-state index in [1.54, 1.807) is 0 Å². The lowest BCUT2D eigenvalue weighted by Gasteiger charge is -1.90. The second-order valence-corrected chi connectivity index (χ2v) is 3.28. The number of amides is 1. The number of carbonyl (C=O) groups is 1. The normalized spacial score (nSPS) is 9.08. The number of aromatic nitrogens is 2. The minimum Gasteiger partial charge on any atom is -0.330 e. The first kappa shape index (κ1) is 12.3.